The molecule has 0 aromatic heterocycles. The highest BCUT2D eigenvalue weighted by atomic mass is 32.8. The molecule has 66 valence electrons. The second-order valence-electron chi connectivity index (χ2n) is 1.90. The Bertz CT molecular complexity index is 235. The Labute approximate surface area is 75.8 Å². The van der Waals surface area contributed by atoms with Gasteiger partial charge in [-0.3, -0.25) is 0 Å². The van der Waals surface area contributed by atoms with E-state index in [1.165, 1.54) is 0 Å². The van der Waals surface area contributed by atoms with Crippen LogP contribution in [0, 0.1) is 0 Å². The first-order valence-electron chi connectivity index (χ1n) is 2.66. The summed E-state index contributed by atoms with van der Waals surface area (Å²) in [6.45, 7) is 0. The van der Waals surface area contributed by atoms with Crippen molar-refractivity contribution in [1.82, 2.24) is 0 Å². The molecule has 0 rings (SSSR count). The molecule has 0 saturated carbocycles. The van der Waals surface area contributed by atoms with Crippen LogP contribution in [0.2, 0.25) is 0 Å². The van der Waals surface area contributed by atoms with Crippen LogP contribution in [-0.4, -0.2) is 28.2 Å². The largest absolute Gasteiger partial charge is 0.363 e. The number of rotatable bonds is 3. The van der Waals surface area contributed by atoms with Gasteiger partial charge in [-0.2, -0.15) is 12.6 Å². The maximum absolute atomic E-state index is 10.7. The SMILES string of the molecule is CS(=O)(=S)OC(=O)[C@@H](N)CS. The zero-order chi connectivity index (χ0) is 9.07. The minimum atomic E-state index is -2.91. The van der Waals surface area contributed by atoms with E-state index in [9.17, 15) is 9.00 Å². The Balaban J connectivity index is 4.10. The van der Waals surface area contributed by atoms with Gasteiger partial charge in [0.1, 0.15) is 6.04 Å². The Morgan fingerprint density at radius 3 is 2.64 bits per heavy atom. The molecule has 1 unspecified atom stereocenters. The van der Waals surface area contributed by atoms with Crippen molar-refractivity contribution < 1.29 is 13.2 Å². The molecule has 2 atom stereocenters. The second kappa shape index (κ2) is 4.24. The number of nitrogens with two attached hydrogens (primary N) is 1. The Hall–Kier alpha value is 0.150. The van der Waals surface area contributed by atoms with Crippen LogP contribution in [0.15, 0.2) is 0 Å². The van der Waals surface area contributed by atoms with Crippen molar-refractivity contribution in [1.29, 1.82) is 0 Å². The summed E-state index contributed by atoms with van der Waals surface area (Å²) in [4.78, 5) is 10.7. The molecular weight excluding hydrogens is 206 g/mol. The molecule has 0 saturated heterocycles. The predicted octanol–water partition coefficient (Wildman–Crippen LogP) is -0.922. The molecule has 0 fully saturated rings. The second-order valence-corrected chi connectivity index (χ2v) is 5.65. The molecule has 0 aromatic carbocycles. The van der Waals surface area contributed by atoms with E-state index in [1.807, 2.05) is 0 Å². The summed E-state index contributed by atoms with van der Waals surface area (Å²) in [5, 5.41) is 0. The number of hydrogen-bond donors (Lipinski definition) is 2. The van der Waals surface area contributed by atoms with Crippen LogP contribution in [0.5, 0.6) is 0 Å². The molecule has 0 heterocycles. The van der Waals surface area contributed by atoms with Gasteiger partial charge in [-0.05, 0) is 0 Å². The highest BCUT2D eigenvalue weighted by Crippen LogP contribution is 1.94. The van der Waals surface area contributed by atoms with E-state index in [0.717, 1.165) is 6.26 Å². The van der Waals surface area contributed by atoms with Crippen LogP contribution in [0.3, 0.4) is 0 Å². The first kappa shape index (κ1) is 11.2. The average Bonchev–Trinajstić information content (AvgIpc) is 1.82. The third-order valence-corrected chi connectivity index (χ3v) is 1.80. The number of carbonyl (C=O) groups excluding carboxylic acids is 1. The summed E-state index contributed by atoms with van der Waals surface area (Å²) in [5.41, 5.74) is 5.20. The van der Waals surface area contributed by atoms with E-state index >= 15 is 0 Å². The molecule has 2 N–H and O–H groups in total. The molecule has 0 amide bonds. The third-order valence-electron chi connectivity index (χ3n) is 0.733. The van der Waals surface area contributed by atoms with Crippen LogP contribution < -0.4 is 5.73 Å². The number of hydrogen-bond acceptors (Lipinski definition) is 6. The average molecular weight is 215 g/mol. The van der Waals surface area contributed by atoms with Crippen molar-refractivity contribution in [3.05, 3.63) is 0 Å². The van der Waals surface area contributed by atoms with Crippen molar-refractivity contribution in [2.24, 2.45) is 5.73 Å². The monoisotopic (exact) mass is 215 g/mol. The maximum Gasteiger partial charge on any atom is 0.337 e. The van der Waals surface area contributed by atoms with Crippen LogP contribution in [0.25, 0.3) is 0 Å². The highest BCUT2D eigenvalue weighted by Gasteiger charge is 2.15. The first-order valence-corrected chi connectivity index (χ1v) is 6.11. The van der Waals surface area contributed by atoms with E-state index in [-0.39, 0.29) is 5.75 Å². The van der Waals surface area contributed by atoms with E-state index in [2.05, 4.69) is 28.0 Å². The molecule has 0 spiro atoms. The zero-order valence-corrected chi connectivity index (χ0v) is 8.38. The van der Waals surface area contributed by atoms with Crippen LogP contribution >= 0.6 is 12.6 Å². The molecule has 0 radical (unpaired) electrons. The summed E-state index contributed by atoms with van der Waals surface area (Å²) in [5.74, 6) is -0.633. The maximum atomic E-state index is 10.7. The lowest BCUT2D eigenvalue weighted by molar-refractivity contribution is -0.134. The lowest BCUT2D eigenvalue weighted by atomic mass is 10.4. The van der Waals surface area contributed by atoms with E-state index in [4.69, 9.17) is 5.73 Å². The molecule has 11 heavy (non-hydrogen) atoms. The smallest absolute Gasteiger partial charge is 0.337 e. The van der Waals surface area contributed by atoms with Crippen molar-refractivity contribution in [2.75, 3.05) is 12.0 Å². The van der Waals surface area contributed by atoms with Crippen molar-refractivity contribution in [3.63, 3.8) is 0 Å². The molecular formula is C4H9NO3S3. The lowest BCUT2D eigenvalue weighted by Gasteiger charge is -2.07. The van der Waals surface area contributed by atoms with Gasteiger partial charge in [0, 0.05) is 23.2 Å². The molecule has 0 aliphatic rings. The quantitative estimate of drug-likeness (QED) is 0.596. The van der Waals surface area contributed by atoms with E-state index in [0.29, 0.717) is 0 Å². The topological polar surface area (TPSA) is 69.4 Å². The van der Waals surface area contributed by atoms with Crippen molar-refractivity contribution in [3.8, 4) is 0 Å². The molecule has 4 nitrogen and oxygen atoms in total. The highest BCUT2D eigenvalue weighted by molar-refractivity contribution is 8.30. The standard InChI is InChI=1S/C4H9NO3S3/c1-11(7,10)8-4(6)3(5)2-9/h3,9H,2,5H2,1H3/t3-,11?/m0/s1. The molecule has 7 heteroatoms. The summed E-state index contributed by atoms with van der Waals surface area (Å²) >= 11 is 8.08. The predicted molar refractivity (Wildman–Crippen MR) is 49.4 cm³/mol. The minimum Gasteiger partial charge on any atom is -0.363 e. The van der Waals surface area contributed by atoms with Gasteiger partial charge in [-0.25, -0.2) is 9.00 Å². The van der Waals surface area contributed by atoms with Gasteiger partial charge < -0.3 is 9.92 Å². The van der Waals surface area contributed by atoms with Gasteiger partial charge in [0.05, 0.1) is 0 Å². The van der Waals surface area contributed by atoms with Gasteiger partial charge in [-0.15, -0.1) is 0 Å². The van der Waals surface area contributed by atoms with Gasteiger partial charge >= 0.3 is 5.97 Å². The van der Waals surface area contributed by atoms with Gasteiger partial charge in [-0.1, -0.05) is 0 Å². The molecule has 0 aromatic rings. The fourth-order valence-corrected chi connectivity index (χ4v) is 1.06. The fourth-order valence-electron chi connectivity index (χ4n) is 0.286. The fraction of sp³-hybridized carbons (Fsp3) is 0.750. The van der Waals surface area contributed by atoms with E-state index in [1.54, 1.807) is 0 Å². The minimum absolute atomic E-state index is 0.143. The number of thiol groups is 1. The van der Waals surface area contributed by atoms with Gasteiger partial charge in [0.15, 0.2) is 8.77 Å². The van der Waals surface area contributed by atoms with Crippen LogP contribution in [-0.2, 0) is 28.9 Å². The van der Waals surface area contributed by atoms with E-state index < -0.39 is 20.8 Å². The third kappa shape index (κ3) is 5.42. The Morgan fingerprint density at radius 1 is 1.91 bits per heavy atom. The van der Waals surface area contributed by atoms with Gasteiger partial charge in [0.25, 0.3) is 0 Å². The summed E-state index contributed by atoms with van der Waals surface area (Å²) in [6, 6.07) is -0.859. The molecule has 0 bridgehead atoms. The first-order chi connectivity index (χ1) is 4.87. The lowest BCUT2D eigenvalue weighted by Crippen LogP contribution is -2.34. The van der Waals surface area contributed by atoms with Crippen LogP contribution in [0.1, 0.15) is 0 Å². The zero-order valence-electron chi connectivity index (χ0n) is 5.85. The Kier molecular flexibility index (Phi) is 4.30. The molecule has 0 aliphatic heterocycles. The normalized spacial score (nSPS) is 18.5. The summed E-state index contributed by atoms with van der Waals surface area (Å²) in [7, 11) is -2.91. The molecule has 0 aliphatic carbocycles. The van der Waals surface area contributed by atoms with Crippen molar-refractivity contribution >= 4 is 38.6 Å². The number of carbonyl (C=O) groups is 1. The summed E-state index contributed by atoms with van der Waals surface area (Å²) < 4.78 is 15.0. The Morgan fingerprint density at radius 2 is 2.36 bits per heavy atom. The van der Waals surface area contributed by atoms with Crippen LogP contribution in [0.4, 0.5) is 0 Å². The van der Waals surface area contributed by atoms with Gasteiger partial charge in [0.2, 0.25) is 0 Å². The summed E-state index contributed by atoms with van der Waals surface area (Å²) in [6.07, 6.45) is 1.14. The van der Waals surface area contributed by atoms with Crippen molar-refractivity contribution in [2.45, 2.75) is 6.04 Å².